The second kappa shape index (κ2) is 4.37. The van der Waals surface area contributed by atoms with Crippen LogP contribution in [-0.2, 0) is 11.2 Å². The van der Waals surface area contributed by atoms with Crippen LogP contribution in [0.4, 0.5) is 5.13 Å². The number of aromatic nitrogens is 1. The van der Waals surface area contributed by atoms with Crippen molar-refractivity contribution in [3.8, 4) is 0 Å². The summed E-state index contributed by atoms with van der Waals surface area (Å²) in [4.78, 5) is 15.7. The van der Waals surface area contributed by atoms with Gasteiger partial charge in [-0.05, 0) is 20.8 Å². The van der Waals surface area contributed by atoms with Gasteiger partial charge in [0.25, 0.3) is 0 Å². The van der Waals surface area contributed by atoms with Gasteiger partial charge in [-0.25, -0.2) is 4.98 Å². The van der Waals surface area contributed by atoms with Crippen LogP contribution in [0.5, 0.6) is 0 Å². The van der Waals surface area contributed by atoms with E-state index in [2.05, 4.69) is 24.1 Å². The number of thiazole rings is 1. The lowest BCUT2D eigenvalue weighted by Gasteiger charge is -2.03. The van der Waals surface area contributed by atoms with Crippen molar-refractivity contribution in [3.63, 3.8) is 0 Å². The van der Waals surface area contributed by atoms with Crippen LogP contribution in [0.1, 0.15) is 24.4 Å². The first-order valence-corrected chi connectivity index (χ1v) is 5.11. The summed E-state index contributed by atoms with van der Waals surface area (Å²) in [5.74, 6) is 0. The molecule has 0 saturated carbocycles. The van der Waals surface area contributed by atoms with Gasteiger partial charge < -0.3 is 10.1 Å². The maximum absolute atomic E-state index is 10.3. The van der Waals surface area contributed by atoms with Gasteiger partial charge in [0, 0.05) is 17.3 Å². The summed E-state index contributed by atoms with van der Waals surface area (Å²) in [6, 6.07) is 0.384. The summed E-state index contributed by atoms with van der Waals surface area (Å²) in [5.41, 5.74) is 0.959. The lowest BCUT2D eigenvalue weighted by molar-refractivity contribution is -0.107. The SMILES string of the molecule is Cc1nc(NC(C)C)sc1CC=O. The molecule has 0 aromatic carbocycles. The van der Waals surface area contributed by atoms with Crippen molar-refractivity contribution in [2.24, 2.45) is 0 Å². The normalized spacial score (nSPS) is 10.5. The Hall–Kier alpha value is -0.900. The van der Waals surface area contributed by atoms with Gasteiger partial charge >= 0.3 is 0 Å². The van der Waals surface area contributed by atoms with Crippen molar-refractivity contribution >= 4 is 22.8 Å². The first-order valence-electron chi connectivity index (χ1n) is 4.30. The molecule has 3 nitrogen and oxygen atoms in total. The minimum Gasteiger partial charge on any atom is -0.359 e. The van der Waals surface area contributed by atoms with E-state index in [1.165, 1.54) is 0 Å². The smallest absolute Gasteiger partial charge is 0.183 e. The van der Waals surface area contributed by atoms with Crippen LogP contribution in [0.25, 0.3) is 0 Å². The fourth-order valence-electron chi connectivity index (χ4n) is 1.00. The lowest BCUT2D eigenvalue weighted by Crippen LogP contribution is -2.08. The number of nitrogens with one attached hydrogen (secondary N) is 1. The van der Waals surface area contributed by atoms with E-state index < -0.39 is 0 Å². The van der Waals surface area contributed by atoms with Crippen LogP contribution in [0.3, 0.4) is 0 Å². The van der Waals surface area contributed by atoms with Gasteiger partial charge in [0.15, 0.2) is 5.13 Å². The molecule has 1 N–H and O–H groups in total. The highest BCUT2D eigenvalue weighted by Gasteiger charge is 2.06. The number of carbonyl (C=O) groups excluding carboxylic acids is 1. The Kier molecular flexibility index (Phi) is 3.42. The van der Waals surface area contributed by atoms with Gasteiger partial charge in [0.2, 0.25) is 0 Å². The molecule has 0 aliphatic heterocycles. The van der Waals surface area contributed by atoms with E-state index in [9.17, 15) is 4.79 Å². The minimum absolute atomic E-state index is 0.384. The number of carbonyl (C=O) groups is 1. The molecule has 1 aromatic heterocycles. The minimum atomic E-state index is 0.384. The largest absolute Gasteiger partial charge is 0.359 e. The molecule has 0 radical (unpaired) electrons. The third-order valence-electron chi connectivity index (χ3n) is 1.57. The highest BCUT2D eigenvalue weighted by molar-refractivity contribution is 7.15. The van der Waals surface area contributed by atoms with Crippen LogP contribution < -0.4 is 5.32 Å². The van der Waals surface area contributed by atoms with Crippen molar-refractivity contribution < 1.29 is 4.79 Å². The zero-order valence-corrected chi connectivity index (χ0v) is 8.94. The number of hydrogen-bond donors (Lipinski definition) is 1. The molecule has 1 heterocycles. The summed E-state index contributed by atoms with van der Waals surface area (Å²) < 4.78 is 0. The van der Waals surface area contributed by atoms with Gasteiger partial charge in [0.1, 0.15) is 6.29 Å². The monoisotopic (exact) mass is 198 g/mol. The quantitative estimate of drug-likeness (QED) is 0.752. The number of aryl methyl sites for hydroxylation is 1. The van der Waals surface area contributed by atoms with E-state index in [4.69, 9.17) is 0 Å². The van der Waals surface area contributed by atoms with E-state index in [0.717, 1.165) is 22.0 Å². The van der Waals surface area contributed by atoms with Gasteiger partial charge in [-0.15, -0.1) is 11.3 Å². The summed E-state index contributed by atoms with van der Waals surface area (Å²) in [6.07, 6.45) is 1.39. The average Bonchev–Trinajstić information content (AvgIpc) is 2.31. The van der Waals surface area contributed by atoms with Gasteiger partial charge in [-0.2, -0.15) is 0 Å². The van der Waals surface area contributed by atoms with E-state index in [0.29, 0.717) is 12.5 Å². The summed E-state index contributed by atoms with van der Waals surface area (Å²) in [5, 5.41) is 4.12. The van der Waals surface area contributed by atoms with Crippen molar-refractivity contribution in [2.75, 3.05) is 5.32 Å². The molecular weight excluding hydrogens is 184 g/mol. The third kappa shape index (κ3) is 2.81. The molecule has 0 unspecified atom stereocenters. The van der Waals surface area contributed by atoms with E-state index in [-0.39, 0.29) is 0 Å². The van der Waals surface area contributed by atoms with Crippen LogP contribution >= 0.6 is 11.3 Å². The topological polar surface area (TPSA) is 42.0 Å². The molecule has 13 heavy (non-hydrogen) atoms. The molecule has 0 aliphatic rings. The Morgan fingerprint density at radius 1 is 1.62 bits per heavy atom. The molecule has 0 saturated heterocycles. The molecule has 1 aromatic rings. The second-order valence-electron chi connectivity index (χ2n) is 3.20. The molecular formula is C9H14N2OS. The fraction of sp³-hybridized carbons (Fsp3) is 0.556. The van der Waals surface area contributed by atoms with Crippen molar-refractivity contribution in [2.45, 2.75) is 33.2 Å². The van der Waals surface area contributed by atoms with Gasteiger partial charge in [-0.3, -0.25) is 0 Å². The standard InChI is InChI=1S/C9H14N2OS/c1-6(2)10-9-11-7(3)8(13-9)4-5-12/h5-6H,4H2,1-3H3,(H,10,11). The van der Waals surface area contributed by atoms with Crippen molar-refractivity contribution in [1.82, 2.24) is 4.98 Å². The molecule has 1 rings (SSSR count). The highest BCUT2D eigenvalue weighted by Crippen LogP contribution is 2.22. The average molecular weight is 198 g/mol. The number of aldehydes is 1. The molecule has 0 amide bonds. The number of anilines is 1. The third-order valence-corrected chi connectivity index (χ3v) is 2.68. The molecule has 0 aliphatic carbocycles. The summed E-state index contributed by atoms with van der Waals surface area (Å²) in [6.45, 7) is 6.06. The van der Waals surface area contributed by atoms with Crippen LogP contribution in [0.15, 0.2) is 0 Å². The predicted molar refractivity (Wildman–Crippen MR) is 55.4 cm³/mol. The number of nitrogens with zero attached hydrogens (tertiary/aromatic N) is 1. The first-order chi connectivity index (χ1) is 6.13. The van der Waals surface area contributed by atoms with Crippen molar-refractivity contribution in [1.29, 1.82) is 0 Å². The Morgan fingerprint density at radius 3 is 2.85 bits per heavy atom. The van der Waals surface area contributed by atoms with Crippen LogP contribution in [0.2, 0.25) is 0 Å². The highest BCUT2D eigenvalue weighted by atomic mass is 32.1. The Labute approximate surface area is 82.2 Å². The van der Waals surface area contributed by atoms with Gasteiger partial charge in [-0.1, -0.05) is 0 Å². The maximum atomic E-state index is 10.3. The Balaban J connectivity index is 2.75. The molecule has 72 valence electrons. The Morgan fingerprint density at radius 2 is 2.31 bits per heavy atom. The van der Waals surface area contributed by atoms with Crippen molar-refractivity contribution in [3.05, 3.63) is 10.6 Å². The maximum Gasteiger partial charge on any atom is 0.183 e. The molecule has 0 atom stereocenters. The second-order valence-corrected chi connectivity index (χ2v) is 4.28. The lowest BCUT2D eigenvalue weighted by atomic mass is 10.3. The molecule has 0 fully saturated rings. The van der Waals surface area contributed by atoms with Gasteiger partial charge in [0.05, 0.1) is 5.69 Å². The molecule has 0 spiro atoms. The van der Waals surface area contributed by atoms with Crippen LogP contribution in [-0.4, -0.2) is 17.3 Å². The van der Waals surface area contributed by atoms with E-state index in [1.807, 2.05) is 6.92 Å². The van der Waals surface area contributed by atoms with Crippen LogP contribution in [0, 0.1) is 6.92 Å². The number of rotatable bonds is 4. The summed E-state index contributed by atoms with van der Waals surface area (Å²) in [7, 11) is 0. The molecule has 0 bridgehead atoms. The Bertz CT molecular complexity index is 294. The van der Waals surface area contributed by atoms with E-state index in [1.54, 1.807) is 11.3 Å². The zero-order valence-electron chi connectivity index (χ0n) is 8.13. The van der Waals surface area contributed by atoms with E-state index >= 15 is 0 Å². The number of hydrogen-bond acceptors (Lipinski definition) is 4. The first kappa shape index (κ1) is 10.2. The predicted octanol–water partition coefficient (Wildman–Crippen LogP) is 2.01. The molecule has 4 heteroatoms. The summed E-state index contributed by atoms with van der Waals surface area (Å²) >= 11 is 1.56. The zero-order chi connectivity index (χ0) is 9.84. The fourth-order valence-corrected chi connectivity index (χ4v) is 2.06.